The Hall–Kier alpha value is 0.200. The standard InChI is InChI=1S/C8H18ClNO2S/c1-7(2)13(11,12)10(5)8(3,4)6-9/h7H,6H2,1-5H3. The zero-order valence-electron chi connectivity index (χ0n) is 8.83. The van der Waals surface area contributed by atoms with Gasteiger partial charge in [-0.2, -0.15) is 4.31 Å². The lowest BCUT2D eigenvalue weighted by Crippen LogP contribution is -2.48. The number of rotatable bonds is 4. The molecule has 0 amide bonds. The lowest BCUT2D eigenvalue weighted by atomic mass is 10.1. The fourth-order valence-corrected chi connectivity index (χ4v) is 2.38. The molecule has 13 heavy (non-hydrogen) atoms. The first-order chi connectivity index (χ1) is 5.66. The summed E-state index contributed by atoms with van der Waals surface area (Å²) in [5.41, 5.74) is -0.523. The van der Waals surface area contributed by atoms with Gasteiger partial charge in [0.15, 0.2) is 0 Å². The third kappa shape index (κ3) is 2.82. The van der Waals surface area contributed by atoms with E-state index in [1.165, 1.54) is 4.31 Å². The van der Waals surface area contributed by atoms with Gasteiger partial charge in [0.2, 0.25) is 10.0 Å². The van der Waals surface area contributed by atoms with Crippen LogP contribution in [0.25, 0.3) is 0 Å². The largest absolute Gasteiger partial charge is 0.216 e. The van der Waals surface area contributed by atoms with Gasteiger partial charge in [-0.3, -0.25) is 0 Å². The van der Waals surface area contributed by atoms with Crippen molar-refractivity contribution in [3.05, 3.63) is 0 Å². The van der Waals surface area contributed by atoms with Crippen LogP contribution in [0, 0.1) is 0 Å². The van der Waals surface area contributed by atoms with Crippen molar-refractivity contribution in [2.24, 2.45) is 0 Å². The highest BCUT2D eigenvalue weighted by atomic mass is 35.5. The molecular weight excluding hydrogens is 210 g/mol. The average Bonchev–Trinajstić information content (AvgIpc) is 2.02. The molecule has 5 heteroatoms. The third-order valence-corrected chi connectivity index (χ3v) is 5.26. The Morgan fingerprint density at radius 2 is 1.77 bits per heavy atom. The first-order valence-electron chi connectivity index (χ1n) is 4.20. The summed E-state index contributed by atoms with van der Waals surface area (Å²) in [7, 11) is -1.63. The minimum absolute atomic E-state index is 0.287. The van der Waals surface area contributed by atoms with Gasteiger partial charge in [0.1, 0.15) is 0 Å². The summed E-state index contributed by atoms with van der Waals surface area (Å²) >= 11 is 5.69. The molecule has 0 aliphatic carbocycles. The van der Waals surface area contributed by atoms with Crippen molar-refractivity contribution < 1.29 is 8.42 Å². The topological polar surface area (TPSA) is 37.4 Å². The van der Waals surface area contributed by atoms with Gasteiger partial charge < -0.3 is 0 Å². The fourth-order valence-electron chi connectivity index (χ4n) is 0.745. The van der Waals surface area contributed by atoms with Gasteiger partial charge in [0.25, 0.3) is 0 Å². The predicted octanol–water partition coefficient (Wildman–Crippen LogP) is 1.67. The van der Waals surface area contributed by atoms with Crippen molar-refractivity contribution in [3.8, 4) is 0 Å². The molecule has 0 N–H and O–H groups in total. The number of hydrogen-bond acceptors (Lipinski definition) is 2. The van der Waals surface area contributed by atoms with E-state index in [1.54, 1.807) is 34.7 Å². The fraction of sp³-hybridized carbons (Fsp3) is 1.00. The van der Waals surface area contributed by atoms with Gasteiger partial charge in [-0.15, -0.1) is 11.6 Å². The molecule has 0 saturated carbocycles. The Bertz CT molecular complexity index is 259. The van der Waals surface area contributed by atoms with Crippen molar-refractivity contribution in [2.75, 3.05) is 12.9 Å². The van der Waals surface area contributed by atoms with Crippen LogP contribution in [0.1, 0.15) is 27.7 Å². The molecule has 0 unspecified atom stereocenters. The van der Waals surface area contributed by atoms with E-state index in [9.17, 15) is 8.42 Å². The molecule has 0 aromatic rings. The maximum atomic E-state index is 11.7. The van der Waals surface area contributed by atoms with Crippen molar-refractivity contribution in [3.63, 3.8) is 0 Å². The van der Waals surface area contributed by atoms with Crippen LogP contribution in [0.5, 0.6) is 0 Å². The maximum Gasteiger partial charge on any atom is 0.216 e. The lowest BCUT2D eigenvalue weighted by molar-refractivity contribution is 0.293. The molecule has 0 fully saturated rings. The van der Waals surface area contributed by atoms with Crippen LogP contribution in [0.2, 0.25) is 0 Å². The van der Waals surface area contributed by atoms with Crippen molar-refractivity contribution in [1.29, 1.82) is 0 Å². The van der Waals surface area contributed by atoms with Crippen molar-refractivity contribution >= 4 is 21.6 Å². The van der Waals surface area contributed by atoms with Gasteiger partial charge in [-0.05, 0) is 27.7 Å². The molecule has 0 spiro atoms. The molecule has 0 aromatic carbocycles. The number of halogens is 1. The van der Waals surface area contributed by atoms with E-state index in [1.807, 2.05) is 0 Å². The van der Waals surface area contributed by atoms with E-state index in [0.717, 1.165) is 0 Å². The maximum absolute atomic E-state index is 11.7. The summed E-state index contributed by atoms with van der Waals surface area (Å²) in [4.78, 5) is 0. The summed E-state index contributed by atoms with van der Waals surface area (Å²) in [6.07, 6.45) is 0. The van der Waals surface area contributed by atoms with E-state index < -0.39 is 20.8 Å². The van der Waals surface area contributed by atoms with Gasteiger partial charge in [-0.1, -0.05) is 0 Å². The Labute approximate surface area is 86.1 Å². The number of alkyl halides is 1. The van der Waals surface area contributed by atoms with Crippen LogP contribution in [0.15, 0.2) is 0 Å². The first kappa shape index (κ1) is 13.2. The molecule has 0 radical (unpaired) electrons. The second kappa shape index (κ2) is 4.15. The number of hydrogen-bond donors (Lipinski definition) is 0. The van der Waals surface area contributed by atoms with Crippen LogP contribution in [-0.2, 0) is 10.0 Å². The highest BCUT2D eigenvalue weighted by Gasteiger charge is 2.33. The summed E-state index contributed by atoms with van der Waals surface area (Å²) < 4.78 is 24.8. The molecule has 0 atom stereocenters. The van der Waals surface area contributed by atoms with E-state index in [0.29, 0.717) is 0 Å². The Morgan fingerprint density at radius 1 is 1.38 bits per heavy atom. The van der Waals surface area contributed by atoms with Gasteiger partial charge in [0, 0.05) is 18.5 Å². The summed E-state index contributed by atoms with van der Waals surface area (Å²) in [5.74, 6) is 0.287. The molecule has 0 saturated heterocycles. The molecule has 0 aliphatic rings. The molecule has 0 rings (SSSR count). The summed E-state index contributed by atoms with van der Waals surface area (Å²) in [5, 5.41) is -0.403. The van der Waals surface area contributed by atoms with Gasteiger partial charge >= 0.3 is 0 Å². The summed E-state index contributed by atoms with van der Waals surface area (Å²) in [6, 6.07) is 0. The predicted molar refractivity (Wildman–Crippen MR) is 56.6 cm³/mol. The molecule has 3 nitrogen and oxygen atoms in total. The van der Waals surface area contributed by atoms with E-state index >= 15 is 0 Å². The quantitative estimate of drug-likeness (QED) is 0.686. The highest BCUT2D eigenvalue weighted by Crippen LogP contribution is 2.20. The van der Waals surface area contributed by atoms with Crippen molar-refractivity contribution in [1.82, 2.24) is 4.31 Å². The van der Waals surface area contributed by atoms with E-state index in [2.05, 4.69) is 0 Å². The summed E-state index contributed by atoms with van der Waals surface area (Å²) in [6.45, 7) is 6.94. The second-order valence-corrected chi connectivity index (χ2v) is 6.79. The molecular formula is C8H18ClNO2S. The Morgan fingerprint density at radius 3 is 2.00 bits per heavy atom. The van der Waals surface area contributed by atoms with Crippen molar-refractivity contribution in [2.45, 2.75) is 38.5 Å². The monoisotopic (exact) mass is 227 g/mol. The Kier molecular flexibility index (Phi) is 4.22. The second-order valence-electron chi connectivity index (χ2n) is 4.01. The highest BCUT2D eigenvalue weighted by molar-refractivity contribution is 7.89. The first-order valence-corrected chi connectivity index (χ1v) is 6.24. The lowest BCUT2D eigenvalue weighted by Gasteiger charge is -2.34. The van der Waals surface area contributed by atoms with Gasteiger partial charge in [0.05, 0.1) is 5.25 Å². The Balaban J connectivity index is 4.91. The van der Waals surface area contributed by atoms with E-state index in [-0.39, 0.29) is 5.88 Å². The smallest absolute Gasteiger partial charge is 0.212 e. The van der Waals surface area contributed by atoms with Crippen LogP contribution in [0.4, 0.5) is 0 Å². The minimum Gasteiger partial charge on any atom is -0.212 e. The number of nitrogens with zero attached hydrogens (tertiary/aromatic N) is 1. The van der Waals surface area contributed by atoms with Gasteiger partial charge in [-0.25, -0.2) is 8.42 Å². The molecule has 80 valence electrons. The van der Waals surface area contributed by atoms with Crippen LogP contribution >= 0.6 is 11.6 Å². The number of sulfonamides is 1. The van der Waals surface area contributed by atoms with Crippen LogP contribution in [0.3, 0.4) is 0 Å². The zero-order chi connectivity index (χ0) is 10.9. The SMILES string of the molecule is CC(C)S(=O)(=O)N(C)C(C)(C)CCl. The zero-order valence-corrected chi connectivity index (χ0v) is 10.4. The van der Waals surface area contributed by atoms with Crippen LogP contribution < -0.4 is 0 Å². The molecule has 0 aliphatic heterocycles. The molecule has 0 heterocycles. The average molecular weight is 228 g/mol. The molecule has 0 bridgehead atoms. The van der Waals surface area contributed by atoms with Crippen LogP contribution in [-0.4, -0.2) is 36.4 Å². The minimum atomic E-state index is -3.20. The van der Waals surface area contributed by atoms with E-state index in [4.69, 9.17) is 11.6 Å². The third-order valence-electron chi connectivity index (χ3n) is 2.16. The molecule has 0 aromatic heterocycles. The normalized spacial score (nSPS) is 14.2.